The molecule has 136 valence electrons. The number of hydrogen-bond donors (Lipinski definition) is 2. The van der Waals surface area contributed by atoms with E-state index in [2.05, 4.69) is 15.3 Å². The Kier molecular flexibility index (Phi) is 4.50. The lowest BCUT2D eigenvalue weighted by atomic mass is 9.97. The van der Waals surface area contributed by atoms with Crippen LogP contribution in [0.2, 0.25) is 0 Å². The molecule has 2 heterocycles. The normalized spacial score (nSPS) is 15.8. The van der Waals surface area contributed by atoms with Gasteiger partial charge < -0.3 is 15.0 Å². The lowest BCUT2D eigenvalue weighted by molar-refractivity contribution is -0.115. The van der Waals surface area contributed by atoms with Gasteiger partial charge in [-0.2, -0.15) is 0 Å². The predicted molar refractivity (Wildman–Crippen MR) is 107 cm³/mol. The number of hydrogen-bond acceptors (Lipinski definition) is 3. The molecule has 0 aliphatic carbocycles. The number of carbonyl (C=O) groups excluding carboxylic acids is 1. The van der Waals surface area contributed by atoms with Gasteiger partial charge in [-0.05, 0) is 47.9 Å². The lowest BCUT2D eigenvalue weighted by Gasteiger charge is -2.05. The molecule has 1 aliphatic rings. The van der Waals surface area contributed by atoms with Gasteiger partial charge in [0.2, 0.25) is 5.91 Å². The van der Waals surface area contributed by atoms with Gasteiger partial charge >= 0.3 is 0 Å². The third kappa shape index (κ3) is 3.49. The van der Waals surface area contributed by atoms with Crippen molar-refractivity contribution in [3.8, 4) is 5.75 Å². The maximum absolute atomic E-state index is 12.3. The van der Waals surface area contributed by atoms with Crippen molar-refractivity contribution < 1.29 is 9.53 Å². The van der Waals surface area contributed by atoms with Crippen molar-refractivity contribution >= 4 is 23.5 Å². The van der Waals surface area contributed by atoms with E-state index in [0.29, 0.717) is 0 Å². The average Bonchev–Trinajstić information content (AvgIpc) is 3.25. The van der Waals surface area contributed by atoms with Crippen molar-refractivity contribution in [1.82, 2.24) is 4.98 Å². The molecule has 0 radical (unpaired) electrons. The molecular formula is C22H21N3O2. The highest BCUT2D eigenvalue weighted by molar-refractivity contribution is 6.13. The first-order valence-electron chi connectivity index (χ1n) is 8.89. The van der Waals surface area contributed by atoms with E-state index in [9.17, 15) is 4.79 Å². The number of H-pyrrole nitrogens is 1. The van der Waals surface area contributed by atoms with E-state index in [-0.39, 0.29) is 11.8 Å². The highest BCUT2D eigenvalue weighted by Gasteiger charge is 2.30. The summed E-state index contributed by atoms with van der Waals surface area (Å²) in [7, 11) is 1.66. The molecule has 0 saturated carbocycles. The van der Waals surface area contributed by atoms with E-state index in [1.165, 1.54) is 5.56 Å². The molecular weight excluding hydrogens is 338 g/mol. The molecule has 1 aliphatic heterocycles. The minimum atomic E-state index is -0.346. The Morgan fingerprint density at radius 1 is 1.19 bits per heavy atom. The molecule has 1 amide bonds. The van der Waals surface area contributed by atoms with Gasteiger partial charge in [0.1, 0.15) is 11.7 Å². The summed E-state index contributed by atoms with van der Waals surface area (Å²) in [4.78, 5) is 20.1. The second kappa shape index (κ2) is 7.11. The summed E-state index contributed by atoms with van der Waals surface area (Å²) in [6.07, 6.45) is 4.38. The smallest absolute Gasteiger partial charge is 0.237 e. The molecule has 1 unspecified atom stereocenters. The zero-order valence-electron chi connectivity index (χ0n) is 15.3. The van der Waals surface area contributed by atoms with Crippen LogP contribution in [0.3, 0.4) is 0 Å². The third-order valence-corrected chi connectivity index (χ3v) is 4.83. The van der Waals surface area contributed by atoms with E-state index in [1.54, 1.807) is 13.3 Å². The van der Waals surface area contributed by atoms with Crippen LogP contribution in [-0.4, -0.2) is 24.2 Å². The first kappa shape index (κ1) is 17.1. The summed E-state index contributed by atoms with van der Waals surface area (Å²) in [6, 6.07) is 15.9. The van der Waals surface area contributed by atoms with E-state index in [1.807, 2.05) is 61.7 Å². The van der Waals surface area contributed by atoms with Crippen LogP contribution in [0.15, 0.2) is 59.7 Å². The number of aromatic nitrogens is 1. The molecule has 1 atom stereocenters. The second-order valence-corrected chi connectivity index (χ2v) is 6.69. The first-order chi connectivity index (χ1) is 13.1. The standard InChI is InChI=1S/C22H21N3O2/c1-14-4-3-5-20-21(14)19(22(26)25-20)13-24-17-11-16(23-12-17)10-15-6-8-18(27-2)9-7-15/h3-9,11-13,19,23H,10H2,1-2H3,(H,25,26). The zero-order valence-corrected chi connectivity index (χ0v) is 15.3. The van der Waals surface area contributed by atoms with Gasteiger partial charge in [-0.3, -0.25) is 9.79 Å². The Morgan fingerprint density at radius 2 is 2.00 bits per heavy atom. The van der Waals surface area contributed by atoms with Crippen molar-refractivity contribution in [1.29, 1.82) is 0 Å². The Morgan fingerprint density at radius 3 is 2.78 bits per heavy atom. The molecule has 4 rings (SSSR count). The number of carbonyl (C=O) groups is 1. The molecule has 0 spiro atoms. The minimum Gasteiger partial charge on any atom is -0.497 e. The molecule has 2 aromatic carbocycles. The summed E-state index contributed by atoms with van der Waals surface area (Å²) >= 11 is 0. The number of aliphatic imine (C=N–C) groups is 1. The van der Waals surface area contributed by atoms with Crippen LogP contribution in [0.25, 0.3) is 0 Å². The van der Waals surface area contributed by atoms with Crippen molar-refractivity contribution in [3.05, 3.63) is 77.1 Å². The van der Waals surface area contributed by atoms with Crippen LogP contribution in [0, 0.1) is 6.92 Å². The molecule has 5 nitrogen and oxygen atoms in total. The Balaban J connectivity index is 1.49. The molecule has 2 N–H and O–H groups in total. The summed E-state index contributed by atoms with van der Waals surface area (Å²) in [5.41, 5.74) is 6.06. The topological polar surface area (TPSA) is 66.5 Å². The highest BCUT2D eigenvalue weighted by Crippen LogP contribution is 2.34. The fraction of sp³-hybridized carbons (Fsp3) is 0.182. The predicted octanol–water partition coefficient (Wildman–Crippen LogP) is 4.36. The second-order valence-electron chi connectivity index (χ2n) is 6.69. The fourth-order valence-electron chi connectivity index (χ4n) is 3.42. The number of rotatable bonds is 5. The maximum atomic E-state index is 12.3. The van der Waals surface area contributed by atoms with Gasteiger partial charge in [-0.25, -0.2) is 0 Å². The summed E-state index contributed by atoms with van der Waals surface area (Å²) in [5.74, 6) is 0.471. The molecule has 0 bridgehead atoms. The van der Waals surface area contributed by atoms with Crippen LogP contribution in [-0.2, 0) is 11.2 Å². The van der Waals surface area contributed by atoms with Crippen LogP contribution in [0.5, 0.6) is 5.75 Å². The summed E-state index contributed by atoms with van der Waals surface area (Å²) in [6.45, 7) is 2.02. The van der Waals surface area contributed by atoms with Crippen molar-refractivity contribution in [2.24, 2.45) is 4.99 Å². The van der Waals surface area contributed by atoms with Crippen LogP contribution in [0.4, 0.5) is 11.4 Å². The van der Waals surface area contributed by atoms with Crippen molar-refractivity contribution in [2.45, 2.75) is 19.3 Å². The number of methoxy groups -OCH3 is 1. The van der Waals surface area contributed by atoms with Gasteiger partial charge in [0.25, 0.3) is 0 Å². The number of nitrogens with one attached hydrogen (secondary N) is 2. The fourth-order valence-corrected chi connectivity index (χ4v) is 3.42. The molecule has 27 heavy (non-hydrogen) atoms. The lowest BCUT2D eigenvalue weighted by Crippen LogP contribution is -2.13. The number of amides is 1. The minimum absolute atomic E-state index is 0.0305. The molecule has 1 aromatic heterocycles. The Bertz CT molecular complexity index is 1000. The van der Waals surface area contributed by atoms with E-state index in [0.717, 1.165) is 40.4 Å². The Hall–Kier alpha value is -3.34. The number of nitrogens with zero attached hydrogens (tertiary/aromatic N) is 1. The number of benzene rings is 2. The molecule has 0 saturated heterocycles. The number of ether oxygens (including phenoxy) is 1. The van der Waals surface area contributed by atoms with Gasteiger partial charge in [0, 0.05) is 30.2 Å². The van der Waals surface area contributed by atoms with Crippen LogP contribution < -0.4 is 10.1 Å². The number of aryl methyl sites for hydroxylation is 1. The number of fused-ring (bicyclic) bond motifs is 1. The van der Waals surface area contributed by atoms with Gasteiger partial charge in [0.15, 0.2) is 0 Å². The SMILES string of the molecule is COc1ccc(Cc2cc(N=CC3C(=O)Nc4cccc(C)c43)c[nH]2)cc1. The van der Waals surface area contributed by atoms with Gasteiger partial charge in [-0.1, -0.05) is 24.3 Å². The van der Waals surface area contributed by atoms with Crippen LogP contribution >= 0.6 is 0 Å². The van der Waals surface area contributed by atoms with Gasteiger partial charge in [0.05, 0.1) is 12.8 Å². The molecule has 0 fully saturated rings. The van der Waals surface area contributed by atoms with Gasteiger partial charge in [-0.15, -0.1) is 0 Å². The number of aromatic amines is 1. The monoisotopic (exact) mass is 359 g/mol. The van der Waals surface area contributed by atoms with Crippen LogP contribution in [0.1, 0.15) is 28.3 Å². The molecule has 5 heteroatoms. The van der Waals surface area contributed by atoms with E-state index < -0.39 is 0 Å². The Labute approximate surface area is 158 Å². The largest absolute Gasteiger partial charge is 0.497 e. The summed E-state index contributed by atoms with van der Waals surface area (Å²) in [5, 5.41) is 2.92. The maximum Gasteiger partial charge on any atom is 0.237 e. The van der Waals surface area contributed by atoms with Crippen molar-refractivity contribution in [3.63, 3.8) is 0 Å². The number of anilines is 1. The third-order valence-electron chi connectivity index (χ3n) is 4.83. The van der Waals surface area contributed by atoms with E-state index in [4.69, 9.17) is 4.74 Å². The quantitative estimate of drug-likeness (QED) is 0.665. The molecule has 3 aromatic rings. The summed E-state index contributed by atoms with van der Waals surface area (Å²) < 4.78 is 5.19. The zero-order chi connectivity index (χ0) is 18.8. The average molecular weight is 359 g/mol. The van der Waals surface area contributed by atoms with Crippen molar-refractivity contribution in [2.75, 3.05) is 12.4 Å². The van der Waals surface area contributed by atoms with E-state index >= 15 is 0 Å². The highest BCUT2D eigenvalue weighted by atomic mass is 16.5. The first-order valence-corrected chi connectivity index (χ1v) is 8.89.